The van der Waals surface area contributed by atoms with Crippen LogP contribution in [-0.4, -0.2) is 15.0 Å². The zero-order valence-electron chi connectivity index (χ0n) is 31.3. The molecule has 10 aromatic rings. The van der Waals surface area contributed by atoms with Gasteiger partial charge in [-0.25, -0.2) is 15.0 Å². The van der Waals surface area contributed by atoms with Crippen LogP contribution in [0.15, 0.2) is 188 Å². The van der Waals surface area contributed by atoms with Crippen LogP contribution < -0.4 is 4.90 Å². The van der Waals surface area contributed by atoms with Gasteiger partial charge in [-0.3, -0.25) is 0 Å². The lowest BCUT2D eigenvalue weighted by atomic mass is 9.83. The topological polar surface area (TPSA) is 41.9 Å². The van der Waals surface area contributed by atoms with Crippen molar-refractivity contribution in [1.82, 2.24) is 15.0 Å². The lowest BCUT2D eigenvalue weighted by Gasteiger charge is -2.33. The number of hydrogen-bond donors (Lipinski definition) is 0. The molecule has 1 aliphatic heterocycles. The van der Waals surface area contributed by atoms with Crippen LogP contribution in [0.3, 0.4) is 0 Å². The van der Waals surface area contributed by atoms with Crippen LogP contribution in [-0.2, 0) is 0 Å². The number of thiophene rings is 1. The largest absolute Gasteiger partial charge is 0.331 e. The monoisotopic (exact) mass is 758 g/mol. The van der Waals surface area contributed by atoms with E-state index in [9.17, 15) is 0 Å². The fourth-order valence-electron chi connectivity index (χ4n) is 9.08. The van der Waals surface area contributed by atoms with Gasteiger partial charge in [-0.15, -0.1) is 11.3 Å². The number of anilines is 2. The van der Waals surface area contributed by atoms with Crippen LogP contribution in [0.5, 0.6) is 0 Å². The normalized spacial score (nSPS) is 15.5. The second-order valence-corrected chi connectivity index (χ2v) is 16.2. The molecular formula is C53H34N4S. The van der Waals surface area contributed by atoms with Crippen LogP contribution in [0.1, 0.15) is 28.7 Å². The molecule has 2 atom stereocenters. The van der Waals surface area contributed by atoms with E-state index >= 15 is 0 Å². The highest BCUT2D eigenvalue weighted by Gasteiger charge is 2.41. The molecule has 0 bridgehead atoms. The van der Waals surface area contributed by atoms with Crippen molar-refractivity contribution >= 4 is 59.7 Å². The van der Waals surface area contributed by atoms with Crippen molar-refractivity contribution in [3.05, 3.63) is 205 Å². The SMILES string of the molecule is C1=CC2c3ccccc3N(c3cccc4c3sc3cc(-c5nc(-c6ccc(-c7ccccc7)cc6)nc(-c6ccc7ccccc7c6)n5)ccc34)C2c2ccccc21. The summed E-state index contributed by atoms with van der Waals surface area (Å²) in [5.74, 6) is 2.24. The highest BCUT2D eigenvalue weighted by molar-refractivity contribution is 7.26. The number of rotatable bonds is 5. The third kappa shape index (κ3) is 5.32. The quantitative estimate of drug-likeness (QED) is 0.175. The molecule has 2 unspecified atom stereocenters. The van der Waals surface area contributed by atoms with Gasteiger partial charge < -0.3 is 4.90 Å². The van der Waals surface area contributed by atoms with E-state index in [-0.39, 0.29) is 12.0 Å². The molecule has 58 heavy (non-hydrogen) atoms. The molecule has 0 saturated carbocycles. The first kappa shape index (κ1) is 33.0. The first-order valence-electron chi connectivity index (χ1n) is 19.8. The maximum atomic E-state index is 5.17. The summed E-state index contributed by atoms with van der Waals surface area (Å²) < 4.78 is 2.48. The lowest BCUT2D eigenvalue weighted by molar-refractivity contribution is 0.669. The maximum absolute atomic E-state index is 5.17. The molecule has 2 aromatic heterocycles. The van der Waals surface area contributed by atoms with E-state index in [1.807, 2.05) is 17.4 Å². The van der Waals surface area contributed by atoms with E-state index in [1.54, 1.807) is 0 Å². The van der Waals surface area contributed by atoms with Gasteiger partial charge in [0, 0.05) is 43.8 Å². The molecule has 5 heteroatoms. The zero-order chi connectivity index (χ0) is 38.2. The molecule has 0 radical (unpaired) electrons. The Kier molecular flexibility index (Phi) is 7.50. The Morgan fingerprint density at radius 3 is 1.90 bits per heavy atom. The Morgan fingerprint density at radius 1 is 0.431 bits per heavy atom. The summed E-state index contributed by atoms with van der Waals surface area (Å²) in [5, 5.41) is 4.83. The van der Waals surface area contributed by atoms with Crippen LogP contribution >= 0.6 is 11.3 Å². The minimum atomic E-state index is 0.184. The molecule has 1 aliphatic carbocycles. The standard InChI is InChI=1S/C53H34N4S/c1-2-11-33(12-3-1)35-21-24-37(25-22-35)51-54-52(39-26-23-34-13-4-5-15-38(34)31-39)56-53(55-51)40-28-29-43-45-18-10-20-47(50(45)58-48(43)32-40)57-46-19-9-8-17-42(46)44-30-27-36-14-6-7-16-41(36)49(44)57/h1-32,44,49H. The maximum Gasteiger partial charge on any atom is 0.164 e. The zero-order valence-corrected chi connectivity index (χ0v) is 32.1. The predicted molar refractivity (Wildman–Crippen MR) is 242 cm³/mol. The average molecular weight is 759 g/mol. The number of para-hydroxylation sites is 1. The molecule has 0 N–H and O–H groups in total. The summed E-state index contributed by atoms with van der Waals surface area (Å²) in [6.07, 6.45) is 4.70. The third-order valence-corrected chi connectivity index (χ3v) is 13.1. The fraction of sp³-hybridized carbons (Fsp3) is 0.0377. The van der Waals surface area contributed by atoms with Gasteiger partial charge in [-0.05, 0) is 62.9 Å². The van der Waals surface area contributed by atoms with Crippen molar-refractivity contribution in [3.63, 3.8) is 0 Å². The summed E-state index contributed by atoms with van der Waals surface area (Å²) in [6, 6.07) is 65.3. The van der Waals surface area contributed by atoms with E-state index in [1.165, 1.54) is 59.2 Å². The highest BCUT2D eigenvalue weighted by Crippen LogP contribution is 2.57. The molecule has 8 aromatic carbocycles. The second kappa shape index (κ2) is 13.2. The Hall–Kier alpha value is -7.21. The predicted octanol–water partition coefficient (Wildman–Crippen LogP) is 14.1. The minimum Gasteiger partial charge on any atom is -0.331 e. The Morgan fingerprint density at radius 2 is 1.05 bits per heavy atom. The van der Waals surface area contributed by atoms with Crippen molar-refractivity contribution in [3.8, 4) is 45.3 Å². The third-order valence-electron chi connectivity index (χ3n) is 11.9. The van der Waals surface area contributed by atoms with E-state index in [0.717, 1.165) is 27.6 Å². The van der Waals surface area contributed by atoms with Gasteiger partial charge in [0.05, 0.1) is 16.4 Å². The van der Waals surface area contributed by atoms with Gasteiger partial charge >= 0.3 is 0 Å². The number of fused-ring (bicyclic) bond motifs is 9. The van der Waals surface area contributed by atoms with Crippen molar-refractivity contribution in [2.45, 2.75) is 12.0 Å². The lowest BCUT2D eigenvalue weighted by Crippen LogP contribution is -2.24. The van der Waals surface area contributed by atoms with Crippen LogP contribution in [0, 0.1) is 0 Å². The molecule has 4 nitrogen and oxygen atoms in total. The van der Waals surface area contributed by atoms with Crippen LogP contribution in [0.2, 0.25) is 0 Å². The van der Waals surface area contributed by atoms with Crippen molar-refractivity contribution in [2.24, 2.45) is 0 Å². The first-order valence-corrected chi connectivity index (χ1v) is 20.6. The number of benzene rings is 8. The summed E-state index contributed by atoms with van der Waals surface area (Å²) >= 11 is 1.85. The number of nitrogens with zero attached hydrogens (tertiary/aromatic N) is 4. The fourth-order valence-corrected chi connectivity index (χ4v) is 10.3. The molecule has 0 fully saturated rings. The van der Waals surface area contributed by atoms with Gasteiger partial charge in [0.2, 0.25) is 0 Å². The van der Waals surface area contributed by atoms with Gasteiger partial charge in [-0.2, -0.15) is 0 Å². The van der Waals surface area contributed by atoms with Gasteiger partial charge in [-0.1, -0.05) is 170 Å². The molecule has 3 heterocycles. The summed E-state index contributed by atoms with van der Waals surface area (Å²) in [4.78, 5) is 18.0. The van der Waals surface area contributed by atoms with Crippen LogP contribution in [0.4, 0.5) is 11.4 Å². The molecule has 0 spiro atoms. The van der Waals surface area contributed by atoms with Gasteiger partial charge in [0.15, 0.2) is 17.5 Å². The van der Waals surface area contributed by atoms with Crippen molar-refractivity contribution in [1.29, 1.82) is 0 Å². The second-order valence-electron chi connectivity index (χ2n) is 15.2. The molecule has 2 aliphatic rings. The Labute approximate surface area is 340 Å². The number of hydrogen-bond acceptors (Lipinski definition) is 5. The summed E-state index contributed by atoms with van der Waals surface area (Å²) in [6.45, 7) is 0. The Balaban J connectivity index is 0.998. The molecule has 12 rings (SSSR count). The molecule has 272 valence electrons. The van der Waals surface area contributed by atoms with Crippen molar-refractivity contribution in [2.75, 3.05) is 4.90 Å². The van der Waals surface area contributed by atoms with Gasteiger partial charge in [0.1, 0.15) is 0 Å². The average Bonchev–Trinajstić information content (AvgIpc) is 3.85. The summed E-state index contributed by atoms with van der Waals surface area (Å²) in [7, 11) is 0. The highest BCUT2D eigenvalue weighted by atomic mass is 32.1. The summed E-state index contributed by atoms with van der Waals surface area (Å²) in [5.41, 5.74) is 11.8. The number of aromatic nitrogens is 3. The van der Waals surface area contributed by atoms with E-state index in [2.05, 4.69) is 193 Å². The molecule has 0 saturated heterocycles. The van der Waals surface area contributed by atoms with E-state index < -0.39 is 0 Å². The van der Waals surface area contributed by atoms with Crippen molar-refractivity contribution < 1.29 is 0 Å². The smallest absolute Gasteiger partial charge is 0.164 e. The van der Waals surface area contributed by atoms with Gasteiger partial charge in [0.25, 0.3) is 0 Å². The molecule has 0 amide bonds. The Bertz CT molecular complexity index is 3260. The van der Waals surface area contributed by atoms with Crippen LogP contribution in [0.25, 0.3) is 82.3 Å². The first-order chi connectivity index (χ1) is 28.7. The molecular weight excluding hydrogens is 725 g/mol. The van der Waals surface area contributed by atoms with E-state index in [0.29, 0.717) is 17.5 Å². The van der Waals surface area contributed by atoms with E-state index in [4.69, 9.17) is 15.0 Å². The minimum absolute atomic E-state index is 0.184.